The summed E-state index contributed by atoms with van der Waals surface area (Å²) in [6.07, 6.45) is 3.38. The number of aliphatic imine (C=N–C) groups is 2. The first kappa shape index (κ1) is 23.2. The normalized spacial score (nSPS) is 12.9. The molecular formula is C30H28N4O2. The fraction of sp³-hybridized carbons (Fsp3) is 0.133. The molecule has 0 spiro atoms. The van der Waals surface area contributed by atoms with Gasteiger partial charge in [0.15, 0.2) is 0 Å². The van der Waals surface area contributed by atoms with E-state index in [4.69, 9.17) is 0 Å². The van der Waals surface area contributed by atoms with Crippen LogP contribution in [0.2, 0.25) is 0 Å². The van der Waals surface area contributed by atoms with E-state index in [2.05, 4.69) is 20.6 Å². The molecule has 4 N–H and O–H groups in total. The van der Waals surface area contributed by atoms with Crippen molar-refractivity contribution >= 4 is 35.2 Å². The van der Waals surface area contributed by atoms with E-state index in [-0.39, 0.29) is 11.5 Å². The zero-order valence-corrected chi connectivity index (χ0v) is 20.3. The van der Waals surface area contributed by atoms with Crippen molar-refractivity contribution in [2.24, 2.45) is 9.98 Å². The summed E-state index contributed by atoms with van der Waals surface area (Å²) in [4.78, 5) is 9.36. The Labute approximate surface area is 210 Å². The van der Waals surface area contributed by atoms with Gasteiger partial charge < -0.3 is 20.8 Å². The Hall–Kier alpha value is -4.58. The summed E-state index contributed by atoms with van der Waals surface area (Å²) in [5.41, 5.74) is 8.02. The van der Waals surface area contributed by atoms with Gasteiger partial charge in [0.25, 0.3) is 0 Å². The van der Waals surface area contributed by atoms with Crippen LogP contribution in [0.15, 0.2) is 82.8 Å². The topological polar surface area (TPSA) is 89.2 Å². The third kappa shape index (κ3) is 4.93. The van der Waals surface area contributed by atoms with E-state index in [1.165, 1.54) is 0 Å². The van der Waals surface area contributed by atoms with Gasteiger partial charge in [-0.3, -0.25) is 9.98 Å². The highest BCUT2D eigenvalue weighted by molar-refractivity contribution is 5.89. The van der Waals surface area contributed by atoms with Gasteiger partial charge in [0, 0.05) is 47.8 Å². The van der Waals surface area contributed by atoms with Crippen molar-refractivity contribution in [3.8, 4) is 11.5 Å². The Morgan fingerprint density at radius 1 is 0.611 bits per heavy atom. The molecule has 0 unspecified atom stereocenters. The highest BCUT2D eigenvalue weighted by atomic mass is 16.3. The number of benzene rings is 4. The lowest BCUT2D eigenvalue weighted by molar-refractivity contribution is 0.467. The number of nitrogens with zero attached hydrogens (tertiary/aromatic N) is 2. The van der Waals surface area contributed by atoms with Crippen LogP contribution in [0.1, 0.15) is 33.4 Å². The molecular weight excluding hydrogens is 448 g/mol. The minimum absolute atomic E-state index is 0.194. The Bertz CT molecular complexity index is 1380. The molecule has 0 amide bonds. The van der Waals surface area contributed by atoms with Crippen LogP contribution in [0.3, 0.4) is 0 Å². The van der Waals surface area contributed by atoms with Crippen molar-refractivity contribution in [2.75, 3.05) is 10.6 Å². The Morgan fingerprint density at radius 2 is 1.03 bits per heavy atom. The lowest BCUT2D eigenvalue weighted by atomic mass is 10.0. The third-order valence-electron chi connectivity index (χ3n) is 6.16. The number of para-hydroxylation sites is 4. The number of hydrogen-bond donors (Lipinski definition) is 4. The van der Waals surface area contributed by atoms with Crippen molar-refractivity contribution in [1.29, 1.82) is 0 Å². The monoisotopic (exact) mass is 476 g/mol. The molecule has 0 radical (unpaired) electrons. The summed E-state index contributed by atoms with van der Waals surface area (Å²) < 4.78 is 0. The van der Waals surface area contributed by atoms with Gasteiger partial charge in [0.2, 0.25) is 0 Å². The van der Waals surface area contributed by atoms with E-state index in [9.17, 15) is 10.2 Å². The number of hydrogen-bond acceptors (Lipinski definition) is 6. The summed E-state index contributed by atoms with van der Waals surface area (Å²) in [5, 5.41) is 28.8. The maximum Gasteiger partial charge on any atom is 0.129 e. The molecule has 0 saturated carbocycles. The molecule has 0 aromatic heterocycles. The average Bonchev–Trinajstić information content (AvgIpc) is 2.88. The highest BCUT2D eigenvalue weighted by Gasteiger charge is 2.12. The first-order valence-corrected chi connectivity index (χ1v) is 11.9. The SMILES string of the molecule is Cc1cc2c(O)c(c1)CNc1ccccc1N=Cc1cc(C)cc(c1O)CNc1ccccc1N=C2. The number of aryl methyl sites for hydroxylation is 2. The predicted octanol–water partition coefficient (Wildman–Crippen LogP) is 6.75. The van der Waals surface area contributed by atoms with Crippen LogP contribution < -0.4 is 10.6 Å². The minimum atomic E-state index is 0.194. The van der Waals surface area contributed by atoms with Crippen LogP contribution >= 0.6 is 0 Å². The summed E-state index contributed by atoms with van der Waals surface area (Å²) >= 11 is 0. The van der Waals surface area contributed by atoms with E-state index in [1.807, 2.05) is 86.6 Å². The summed E-state index contributed by atoms with van der Waals surface area (Å²) in [7, 11) is 0. The number of fused-ring (bicyclic) bond motifs is 6. The second-order valence-corrected chi connectivity index (χ2v) is 8.98. The Kier molecular flexibility index (Phi) is 6.41. The quantitative estimate of drug-likeness (QED) is 0.226. The minimum Gasteiger partial charge on any atom is -0.507 e. The molecule has 4 aromatic rings. The number of rotatable bonds is 0. The number of nitrogens with one attached hydrogen (secondary N) is 2. The molecule has 4 bridgehead atoms. The molecule has 0 saturated heterocycles. The summed E-state index contributed by atoms with van der Waals surface area (Å²) in [5.74, 6) is 0.388. The highest BCUT2D eigenvalue weighted by Crippen LogP contribution is 2.32. The molecule has 6 nitrogen and oxygen atoms in total. The van der Waals surface area contributed by atoms with Gasteiger partial charge in [-0.2, -0.15) is 0 Å². The van der Waals surface area contributed by atoms with Crippen molar-refractivity contribution in [3.05, 3.63) is 106 Å². The number of phenolic OH excluding ortho intramolecular Hbond substituents is 2. The van der Waals surface area contributed by atoms with E-state index in [1.54, 1.807) is 12.4 Å². The Balaban J connectivity index is 1.63. The van der Waals surface area contributed by atoms with Gasteiger partial charge in [0.05, 0.1) is 22.7 Å². The second kappa shape index (κ2) is 9.96. The molecule has 6 heteroatoms. The van der Waals surface area contributed by atoms with Gasteiger partial charge in [-0.25, -0.2) is 0 Å². The van der Waals surface area contributed by atoms with E-state index >= 15 is 0 Å². The fourth-order valence-corrected chi connectivity index (χ4v) is 4.36. The zero-order chi connectivity index (χ0) is 25.1. The standard InChI is InChI=1S/C30H28N4O2/c1-19-11-21-15-31-25-7-3-5-9-27(25)33-17-23-13-20(2)14-24(30(23)36)18-34-28-10-6-4-8-26(28)32-16-22(12-19)29(21)35/h3-15,18,32-33,35-36H,16-17H2,1-2H3. The molecule has 0 atom stereocenters. The summed E-state index contributed by atoms with van der Waals surface area (Å²) in [6.45, 7) is 4.84. The van der Waals surface area contributed by atoms with Gasteiger partial charge >= 0.3 is 0 Å². The average molecular weight is 477 g/mol. The summed E-state index contributed by atoms with van der Waals surface area (Å²) in [6, 6.07) is 23.2. The maximum absolute atomic E-state index is 11.0. The Morgan fingerprint density at radius 3 is 1.47 bits per heavy atom. The fourth-order valence-electron chi connectivity index (χ4n) is 4.36. The van der Waals surface area contributed by atoms with Crippen LogP contribution in [0.25, 0.3) is 0 Å². The third-order valence-corrected chi connectivity index (χ3v) is 6.16. The van der Waals surface area contributed by atoms with Crippen LogP contribution in [-0.2, 0) is 13.1 Å². The van der Waals surface area contributed by atoms with E-state index < -0.39 is 0 Å². The molecule has 1 aliphatic rings. The van der Waals surface area contributed by atoms with Crippen molar-refractivity contribution < 1.29 is 10.2 Å². The zero-order valence-electron chi connectivity index (χ0n) is 20.3. The lowest BCUT2D eigenvalue weighted by Crippen LogP contribution is -2.03. The van der Waals surface area contributed by atoms with Crippen molar-refractivity contribution in [1.82, 2.24) is 0 Å². The molecule has 36 heavy (non-hydrogen) atoms. The van der Waals surface area contributed by atoms with Gasteiger partial charge in [-0.15, -0.1) is 0 Å². The molecule has 1 aliphatic heterocycles. The second-order valence-electron chi connectivity index (χ2n) is 8.98. The number of anilines is 2. The molecule has 5 rings (SSSR count). The predicted molar refractivity (Wildman–Crippen MR) is 148 cm³/mol. The molecule has 4 aromatic carbocycles. The molecule has 1 heterocycles. The maximum atomic E-state index is 11.0. The van der Waals surface area contributed by atoms with Crippen LogP contribution in [0.5, 0.6) is 11.5 Å². The van der Waals surface area contributed by atoms with Crippen LogP contribution in [0.4, 0.5) is 22.7 Å². The number of aromatic hydroxyl groups is 2. The number of phenols is 2. The van der Waals surface area contributed by atoms with Gasteiger partial charge in [0.1, 0.15) is 11.5 Å². The first-order chi connectivity index (χ1) is 17.5. The molecule has 180 valence electrons. The molecule has 0 fully saturated rings. The van der Waals surface area contributed by atoms with Crippen LogP contribution in [-0.4, -0.2) is 22.6 Å². The largest absolute Gasteiger partial charge is 0.507 e. The first-order valence-electron chi connectivity index (χ1n) is 11.9. The van der Waals surface area contributed by atoms with Crippen molar-refractivity contribution in [2.45, 2.75) is 26.9 Å². The van der Waals surface area contributed by atoms with E-state index in [0.717, 1.165) is 45.0 Å². The van der Waals surface area contributed by atoms with Gasteiger partial charge in [-0.1, -0.05) is 36.4 Å². The van der Waals surface area contributed by atoms with Gasteiger partial charge in [-0.05, 0) is 61.4 Å². The lowest BCUT2D eigenvalue weighted by Gasteiger charge is -2.14. The smallest absolute Gasteiger partial charge is 0.129 e. The van der Waals surface area contributed by atoms with E-state index in [0.29, 0.717) is 24.2 Å². The van der Waals surface area contributed by atoms with Crippen LogP contribution in [0, 0.1) is 13.8 Å². The molecule has 0 aliphatic carbocycles. The van der Waals surface area contributed by atoms with Crippen molar-refractivity contribution in [3.63, 3.8) is 0 Å².